The number of rotatable bonds is 4. The van der Waals surface area contributed by atoms with Crippen LogP contribution in [0.1, 0.15) is 53.8 Å². The van der Waals surface area contributed by atoms with Crippen LogP contribution in [-0.2, 0) is 6.54 Å². The Hall–Kier alpha value is -2.40. The molecule has 1 fully saturated rings. The zero-order valence-electron chi connectivity index (χ0n) is 15.3. The Bertz CT molecular complexity index is 982. The van der Waals surface area contributed by atoms with Gasteiger partial charge in [-0.05, 0) is 30.5 Å². The fraction of sp³-hybridized carbons (Fsp3) is 0.364. The Morgan fingerprint density at radius 3 is 2.56 bits per heavy atom. The molecule has 1 aromatic carbocycles. The highest BCUT2D eigenvalue weighted by molar-refractivity contribution is 7.20. The van der Waals surface area contributed by atoms with Gasteiger partial charge in [0.1, 0.15) is 0 Å². The SMILES string of the molecule is O=C(NC1CCCCCC1)c1cc2c(=O)n(Cc3ccccc3)ccc2s1. The number of carbonyl (C=O) groups is 1. The van der Waals surface area contributed by atoms with Crippen molar-refractivity contribution in [3.63, 3.8) is 0 Å². The van der Waals surface area contributed by atoms with Crippen LogP contribution in [0.2, 0.25) is 0 Å². The van der Waals surface area contributed by atoms with Gasteiger partial charge < -0.3 is 9.88 Å². The largest absolute Gasteiger partial charge is 0.349 e. The smallest absolute Gasteiger partial charge is 0.261 e. The fourth-order valence-corrected chi connectivity index (χ4v) is 4.72. The van der Waals surface area contributed by atoms with Gasteiger partial charge >= 0.3 is 0 Å². The van der Waals surface area contributed by atoms with Gasteiger partial charge in [0.2, 0.25) is 0 Å². The summed E-state index contributed by atoms with van der Waals surface area (Å²) in [4.78, 5) is 26.1. The van der Waals surface area contributed by atoms with Gasteiger partial charge in [-0.25, -0.2) is 0 Å². The predicted molar refractivity (Wildman–Crippen MR) is 111 cm³/mol. The number of hydrogen-bond acceptors (Lipinski definition) is 3. The molecule has 1 aliphatic carbocycles. The average molecular weight is 381 g/mol. The molecular formula is C22H24N2O2S. The second-order valence-corrected chi connectivity index (χ2v) is 8.37. The number of pyridine rings is 1. The van der Waals surface area contributed by atoms with Crippen LogP contribution in [0.5, 0.6) is 0 Å². The molecule has 27 heavy (non-hydrogen) atoms. The molecule has 1 aliphatic rings. The summed E-state index contributed by atoms with van der Waals surface area (Å²) in [5.74, 6) is -0.0443. The van der Waals surface area contributed by atoms with Crippen LogP contribution in [0.15, 0.2) is 53.5 Å². The molecule has 2 heterocycles. The van der Waals surface area contributed by atoms with Crippen LogP contribution in [0.4, 0.5) is 0 Å². The van der Waals surface area contributed by atoms with E-state index in [1.54, 1.807) is 10.6 Å². The van der Waals surface area contributed by atoms with Crippen LogP contribution >= 0.6 is 11.3 Å². The molecule has 0 radical (unpaired) electrons. The lowest BCUT2D eigenvalue weighted by molar-refractivity contribution is 0.0937. The highest BCUT2D eigenvalue weighted by Gasteiger charge is 2.18. The van der Waals surface area contributed by atoms with E-state index in [0.29, 0.717) is 16.8 Å². The van der Waals surface area contributed by atoms with Crippen LogP contribution in [0.3, 0.4) is 0 Å². The van der Waals surface area contributed by atoms with Crippen molar-refractivity contribution in [2.45, 2.75) is 51.1 Å². The Kier molecular flexibility index (Phi) is 5.39. The maximum absolute atomic E-state index is 12.8. The van der Waals surface area contributed by atoms with Crippen molar-refractivity contribution in [2.75, 3.05) is 0 Å². The summed E-state index contributed by atoms with van der Waals surface area (Å²) in [7, 11) is 0. The molecular weight excluding hydrogens is 356 g/mol. The normalized spacial score (nSPS) is 15.6. The summed E-state index contributed by atoms with van der Waals surface area (Å²) in [5, 5.41) is 3.80. The number of carbonyl (C=O) groups excluding carboxylic acids is 1. The van der Waals surface area contributed by atoms with E-state index in [2.05, 4.69) is 5.32 Å². The zero-order valence-corrected chi connectivity index (χ0v) is 16.1. The first-order valence-corrected chi connectivity index (χ1v) is 10.5. The van der Waals surface area contributed by atoms with Crippen LogP contribution in [0.25, 0.3) is 10.1 Å². The standard InChI is InChI=1S/C22H24N2O2S/c25-21(23-17-10-6-1-2-7-11-17)20-14-18-19(27-20)12-13-24(22(18)26)15-16-8-4-3-5-9-16/h3-5,8-9,12-14,17H,1-2,6-7,10-11,15H2,(H,23,25). The third-order valence-corrected chi connectivity index (χ3v) is 6.37. The summed E-state index contributed by atoms with van der Waals surface area (Å²) in [6.07, 6.45) is 8.82. The van der Waals surface area contributed by atoms with Crippen molar-refractivity contribution in [3.05, 3.63) is 69.5 Å². The Morgan fingerprint density at radius 2 is 1.81 bits per heavy atom. The van der Waals surface area contributed by atoms with Crippen molar-refractivity contribution in [1.82, 2.24) is 9.88 Å². The number of nitrogens with zero attached hydrogens (tertiary/aromatic N) is 1. The molecule has 0 unspecified atom stereocenters. The number of aromatic nitrogens is 1. The maximum Gasteiger partial charge on any atom is 0.261 e. The number of nitrogens with one attached hydrogen (secondary N) is 1. The minimum absolute atomic E-state index is 0.0406. The van der Waals surface area contributed by atoms with Crippen molar-refractivity contribution in [1.29, 1.82) is 0 Å². The highest BCUT2D eigenvalue weighted by Crippen LogP contribution is 2.24. The first-order valence-electron chi connectivity index (χ1n) is 9.68. The fourth-order valence-electron chi connectivity index (χ4n) is 3.77. The van der Waals surface area contributed by atoms with E-state index < -0.39 is 0 Å². The molecule has 140 valence electrons. The average Bonchev–Trinajstić information content (AvgIpc) is 2.97. The van der Waals surface area contributed by atoms with E-state index in [9.17, 15) is 9.59 Å². The van der Waals surface area contributed by atoms with Gasteiger partial charge in [0.05, 0.1) is 16.8 Å². The lowest BCUT2D eigenvalue weighted by Gasteiger charge is -2.15. The second-order valence-electron chi connectivity index (χ2n) is 7.28. The van der Waals surface area contributed by atoms with Crippen molar-refractivity contribution in [2.24, 2.45) is 0 Å². The number of fused-ring (bicyclic) bond motifs is 1. The second kappa shape index (κ2) is 8.09. The molecule has 0 spiro atoms. The van der Waals surface area contributed by atoms with Gasteiger partial charge in [0.15, 0.2) is 0 Å². The molecule has 1 N–H and O–H groups in total. The lowest BCUT2D eigenvalue weighted by atomic mass is 10.1. The molecule has 5 heteroatoms. The molecule has 4 rings (SSSR count). The van der Waals surface area contributed by atoms with E-state index in [1.807, 2.05) is 42.6 Å². The van der Waals surface area contributed by atoms with Crippen molar-refractivity contribution >= 4 is 27.3 Å². The van der Waals surface area contributed by atoms with Gasteiger partial charge in [-0.2, -0.15) is 0 Å². The minimum atomic E-state index is -0.0443. The molecule has 2 aromatic heterocycles. The number of amides is 1. The summed E-state index contributed by atoms with van der Waals surface area (Å²) >= 11 is 1.40. The van der Waals surface area contributed by atoms with Gasteiger partial charge in [-0.15, -0.1) is 11.3 Å². The molecule has 0 bridgehead atoms. The Labute approximate surface area is 162 Å². The van der Waals surface area contributed by atoms with Crippen LogP contribution < -0.4 is 10.9 Å². The zero-order chi connectivity index (χ0) is 18.6. The summed E-state index contributed by atoms with van der Waals surface area (Å²) in [6.45, 7) is 0.537. The molecule has 1 amide bonds. The number of hydrogen-bond donors (Lipinski definition) is 1. The Morgan fingerprint density at radius 1 is 1.07 bits per heavy atom. The van der Waals surface area contributed by atoms with E-state index in [0.717, 1.165) is 23.1 Å². The maximum atomic E-state index is 12.8. The monoisotopic (exact) mass is 380 g/mol. The summed E-state index contributed by atoms with van der Waals surface area (Å²) < 4.78 is 2.58. The quantitative estimate of drug-likeness (QED) is 0.675. The summed E-state index contributed by atoms with van der Waals surface area (Å²) in [5.41, 5.74) is 1.04. The van der Waals surface area contributed by atoms with Crippen LogP contribution in [-0.4, -0.2) is 16.5 Å². The van der Waals surface area contributed by atoms with Gasteiger partial charge in [0, 0.05) is 16.9 Å². The molecule has 3 aromatic rings. The Balaban J connectivity index is 1.55. The first-order chi connectivity index (χ1) is 13.2. The minimum Gasteiger partial charge on any atom is -0.349 e. The molecule has 0 saturated heterocycles. The molecule has 0 atom stereocenters. The van der Waals surface area contributed by atoms with Crippen molar-refractivity contribution in [3.8, 4) is 0 Å². The third-order valence-electron chi connectivity index (χ3n) is 5.27. The van der Waals surface area contributed by atoms with E-state index in [1.165, 1.54) is 37.0 Å². The summed E-state index contributed by atoms with van der Waals surface area (Å²) in [6, 6.07) is 13.9. The topological polar surface area (TPSA) is 51.1 Å². The van der Waals surface area contributed by atoms with E-state index >= 15 is 0 Å². The van der Waals surface area contributed by atoms with E-state index in [4.69, 9.17) is 0 Å². The number of thiophene rings is 1. The molecule has 0 aliphatic heterocycles. The predicted octanol–water partition coefficient (Wildman–Crippen LogP) is 4.56. The lowest BCUT2D eigenvalue weighted by Crippen LogP contribution is -2.33. The number of benzene rings is 1. The van der Waals surface area contributed by atoms with E-state index in [-0.39, 0.29) is 17.5 Å². The van der Waals surface area contributed by atoms with Gasteiger partial charge in [0.25, 0.3) is 11.5 Å². The van der Waals surface area contributed by atoms with Gasteiger partial charge in [-0.3, -0.25) is 9.59 Å². The third kappa shape index (κ3) is 4.14. The van der Waals surface area contributed by atoms with Gasteiger partial charge in [-0.1, -0.05) is 56.0 Å². The van der Waals surface area contributed by atoms with Crippen LogP contribution in [0, 0.1) is 0 Å². The highest BCUT2D eigenvalue weighted by atomic mass is 32.1. The van der Waals surface area contributed by atoms with Crippen molar-refractivity contribution < 1.29 is 4.79 Å². The first kappa shape index (κ1) is 18.0. The molecule has 4 nitrogen and oxygen atoms in total. The molecule has 1 saturated carbocycles.